The van der Waals surface area contributed by atoms with Gasteiger partial charge in [-0.15, -0.1) is 0 Å². The van der Waals surface area contributed by atoms with Crippen molar-refractivity contribution in [2.24, 2.45) is 0 Å². The summed E-state index contributed by atoms with van der Waals surface area (Å²) in [6, 6.07) is 2.01. The zero-order chi connectivity index (χ0) is 12.3. The van der Waals surface area contributed by atoms with Crippen LogP contribution in [-0.2, 0) is 0 Å². The molecule has 0 bridgehead atoms. The molecule has 0 aliphatic carbocycles. The minimum Gasteiger partial charge on any atom is -0.365 e. The van der Waals surface area contributed by atoms with Crippen LogP contribution < -0.4 is 15.5 Å². The Morgan fingerprint density at radius 1 is 1.35 bits per heavy atom. The van der Waals surface area contributed by atoms with Gasteiger partial charge in [-0.1, -0.05) is 0 Å². The molecular weight excluding hydrogens is 234 g/mol. The molecule has 6 heteroatoms. The molecule has 1 fully saturated rings. The van der Waals surface area contributed by atoms with Crippen molar-refractivity contribution in [3.8, 4) is 0 Å². The molecule has 2 heterocycles. The smallest absolute Gasteiger partial charge is 0.231 e. The Bertz CT molecular complexity index is 414. The first-order valence-electron chi connectivity index (χ1n) is 5.78. The molecule has 0 spiro atoms. The maximum absolute atomic E-state index is 5.04. The van der Waals surface area contributed by atoms with E-state index in [4.69, 9.17) is 12.2 Å². The van der Waals surface area contributed by atoms with Gasteiger partial charge >= 0.3 is 0 Å². The molecule has 1 aromatic rings. The van der Waals surface area contributed by atoms with Crippen LogP contribution in [0.3, 0.4) is 0 Å². The number of nitrogens with one attached hydrogen (secondary N) is 2. The average Bonchev–Trinajstić information content (AvgIpc) is 2.81. The van der Waals surface area contributed by atoms with Crippen molar-refractivity contribution in [3.05, 3.63) is 11.8 Å². The highest BCUT2D eigenvalue weighted by atomic mass is 32.1. The number of hydrogen-bond acceptors (Lipinski definition) is 4. The number of aryl methyl sites for hydroxylation is 1. The molecule has 5 nitrogen and oxygen atoms in total. The summed E-state index contributed by atoms with van der Waals surface area (Å²) in [5, 5.41) is 6.35. The highest BCUT2D eigenvalue weighted by molar-refractivity contribution is 7.80. The third-order valence-electron chi connectivity index (χ3n) is 2.72. The fraction of sp³-hybridized carbons (Fsp3) is 0.545. The Morgan fingerprint density at radius 3 is 2.71 bits per heavy atom. The van der Waals surface area contributed by atoms with E-state index < -0.39 is 0 Å². The van der Waals surface area contributed by atoms with Crippen LogP contribution in [0.4, 0.5) is 11.8 Å². The van der Waals surface area contributed by atoms with Crippen LogP contribution in [0.2, 0.25) is 0 Å². The molecule has 92 valence electrons. The zero-order valence-electron chi connectivity index (χ0n) is 10.2. The monoisotopic (exact) mass is 251 g/mol. The minimum atomic E-state index is 0.531. The number of rotatable bonds is 2. The Balaban J connectivity index is 2.19. The van der Waals surface area contributed by atoms with Crippen molar-refractivity contribution in [2.75, 3.05) is 30.4 Å². The van der Waals surface area contributed by atoms with E-state index in [1.165, 1.54) is 12.8 Å². The fourth-order valence-corrected chi connectivity index (χ4v) is 1.97. The molecule has 0 radical (unpaired) electrons. The van der Waals surface area contributed by atoms with Crippen molar-refractivity contribution in [3.63, 3.8) is 0 Å². The largest absolute Gasteiger partial charge is 0.365 e. The lowest BCUT2D eigenvalue weighted by molar-refractivity contribution is 0.923. The first kappa shape index (κ1) is 12.0. The van der Waals surface area contributed by atoms with Crippen molar-refractivity contribution >= 4 is 29.1 Å². The normalized spacial score (nSPS) is 14.8. The molecule has 17 heavy (non-hydrogen) atoms. The van der Waals surface area contributed by atoms with Gasteiger partial charge < -0.3 is 15.5 Å². The number of aromatic nitrogens is 2. The summed E-state index contributed by atoms with van der Waals surface area (Å²) in [6.07, 6.45) is 2.47. The summed E-state index contributed by atoms with van der Waals surface area (Å²) in [5.41, 5.74) is 0.948. The summed E-state index contributed by atoms with van der Waals surface area (Å²) >= 11 is 5.04. The molecule has 2 rings (SSSR count). The molecule has 2 N–H and O–H groups in total. The van der Waals surface area contributed by atoms with E-state index in [-0.39, 0.29) is 0 Å². The lowest BCUT2D eigenvalue weighted by atomic mass is 10.4. The van der Waals surface area contributed by atoms with Gasteiger partial charge in [0.1, 0.15) is 5.82 Å². The second kappa shape index (κ2) is 5.27. The van der Waals surface area contributed by atoms with Gasteiger partial charge in [-0.25, -0.2) is 4.98 Å². The van der Waals surface area contributed by atoms with E-state index in [9.17, 15) is 0 Å². The van der Waals surface area contributed by atoms with Gasteiger partial charge in [0.05, 0.1) is 0 Å². The Morgan fingerprint density at radius 2 is 2.06 bits per heavy atom. The van der Waals surface area contributed by atoms with Gasteiger partial charge in [0.15, 0.2) is 5.11 Å². The molecule has 1 aromatic heterocycles. The molecule has 0 unspecified atom stereocenters. The Hall–Kier alpha value is -1.43. The van der Waals surface area contributed by atoms with Gasteiger partial charge in [-0.05, 0) is 32.0 Å². The SMILES string of the molecule is CNC(=S)Nc1nc(C)cc(N2CCCC2)n1. The van der Waals surface area contributed by atoms with Crippen LogP contribution in [-0.4, -0.2) is 35.2 Å². The van der Waals surface area contributed by atoms with Crippen LogP contribution in [0.15, 0.2) is 6.07 Å². The first-order valence-corrected chi connectivity index (χ1v) is 6.19. The molecule has 0 amide bonds. The van der Waals surface area contributed by atoms with Crippen molar-refractivity contribution in [2.45, 2.75) is 19.8 Å². The van der Waals surface area contributed by atoms with Crippen molar-refractivity contribution in [1.29, 1.82) is 0 Å². The van der Waals surface area contributed by atoms with Crippen LogP contribution in [0.5, 0.6) is 0 Å². The fourth-order valence-electron chi connectivity index (χ4n) is 1.88. The number of hydrogen-bond donors (Lipinski definition) is 2. The standard InChI is InChI=1S/C11H17N5S/c1-8-7-9(16-5-3-4-6-16)14-10(13-8)15-11(17)12-2/h7H,3-6H2,1-2H3,(H2,12,13,14,15,17). The predicted octanol–water partition coefficient (Wildman–Crippen LogP) is 1.30. The highest BCUT2D eigenvalue weighted by Gasteiger charge is 2.15. The topological polar surface area (TPSA) is 53.1 Å². The number of thiocarbonyl (C=S) groups is 1. The van der Waals surface area contributed by atoms with Gasteiger partial charge in [0.2, 0.25) is 5.95 Å². The van der Waals surface area contributed by atoms with Crippen LogP contribution in [0.1, 0.15) is 18.5 Å². The van der Waals surface area contributed by atoms with Crippen LogP contribution >= 0.6 is 12.2 Å². The van der Waals surface area contributed by atoms with E-state index in [0.29, 0.717) is 11.1 Å². The highest BCUT2D eigenvalue weighted by Crippen LogP contribution is 2.19. The van der Waals surface area contributed by atoms with E-state index in [0.717, 1.165) is 24.6 Å². The maximum Gasteiger partial charge on any atom is 0.231 e. The average molecular weight is 251 g/mol. The summed E-state index contributed by atoms with van der Waals surface area (Å²) < 4.78 is 0. The van der Waals surface area contributed by atoms with Crippen molar-refractivity contribution < 1.29 is 0 Å². The summed E-state index contributed by atoms with van der Waals surface area (Å²) in [7, 11) is 1.77. The number of anilines is 2. The minimum absolute atomic E-state index is 0.531. The van der Waals surface area contributed by atoms with Gasteiger partial charge in [0.25, 0.3) is 0 Å². The third kappa shape index (κ3) is 3.03. The Labute approximate surface area is 107 Å². The lowest BCUT2D eigenvalue weighted by Gasteiger charge is -2.17. The molecule has 1 aliphatic heterocycles. The van der Waals surface area contributed by atoms with Gasteiger partial charge in [0, 0.05) is 31.9 Å². The van der Waals surface area contributed by atoms with E-state index in [1.54, 1.807) is 7.05 Å². The lowest BCUT2D eigenvalue weighted by Crippen LogP contribution is -2.26. The second-order valence-electron chi connectivity index (χ2n) is 4.09. The Kier molecular flexibility index (Phi) is 3.73. The van der Waals surface area contributed by atoms with Gasteiger partial charge in [-0.3, -0.25) is 0 Å². The van der Waals surface area contributed by atoms with Crippen LogP contribution in [0.25, 0.3) is 0 Å². The molecule has 1 saturated heterocycles. The van der Waals surface area contributed by atoms with E-state index in [1.807, 2.05) is 13.0 Å². The summed E-state index contributed by atoms with van der Waals surface area (Å²) in [6.45, 7) is 4.12. The maximum atomic E-state index is 5.04. The van der Waals surface area contributed by atoms with Crippen LogP contribution in [0, 0.1) is 6.92 Å². The molecule has 0 aromatic carbocycles. The zero-order valence-corrected chi connectivity index (χ0v) is 11.0. The molecule has 0 atom stereocenters. The van der Waals surface area contributed by atoms with E-state index >= 15 is 0 Å². The first-order chi connectivity index (χ1) is 8.19. The molecular formula is C11H17N5S. The predicted molar refractivity (Wildman–Crippen MR) is 73.5 cm³/mol. The quantitative estimate of drug-likeness (QED) is 0.773. The summed E-state index contributed by atoms with van der Waals surface area (Å²) in [4.78, 5) is 11.1. The van der Waals surface area contributed by atoms with Gasteiger partial charge in [-0.2, -0.15) is 4.98 Å². The molecule has 1 aliphatic rings. The summed E-state index contributed by atoms with van der Waals surface area (Å²) in [5.74, 6) is 1.54. The second-order valence-corrected chi connectivity index (χ2v) is 4.50. The van der Waals surface area contributed by atoms with Crippen molar-refractivity contribution in [1.82, 2.24) is 15.3 Å². The molecule has 0 saturated carbocycles. The third-order valence-corrected chi connectivity index (χ3v) is 3.03. The number of nitrogens with zero attached hydrogens (tertiary/aromatic N) is 3. The van der Waals surface area contributed by atoms with E-state index in [2.05, 4.69) is 25.5 Å².